The van der Waals surface area contributed by atoms with Crippen LogP contribution in [0.1, 0.15) is 12.8 Å². The lowest BCUT2D eigenvalue weighted by atomic mass is 10.2. The number of carbonyl (C=O) groups is 1. The first kappa shape index (κ1) is 15.3. The Balaban J connectivity index is 0. The van der Waals surface area contributed by atoms with Gasteiger partial charge in [0.2, 0.25) is 0 Å². The average molecular weight is 234 g/mol. The summed E-state index contributed by atoms with van der Waals surface area (Å²) < 4.78 is 10.3. The molecule has 13 heavy (non-hydrogen) atoms. The molecule has 0 saturated heterocycles. The minimum atomic E-state index is -4.00. The molecule has 0 radical (unpaired) electrons. The van der Waals surface area contributed by atoms with Crippen molar-refractivity contribution in [2.24, 2.45) is 5.73 Å². The second-order valence-corrected chi connectivity index (χ2v) is 4.25. The lowest BCUT2D eigenvalue weighted by Gasteiger charge is -2.06. The molecule has 0 aromatic carbocycles. The molecule has 0 heterocycles. The topological polar surface area (TPSA) is 121 Å². The Bertz CT molecular complexity index is 205. The van der Waals surface area contributed by atoms with Gasteiger partial charge in [-0.25, -0.2) is 0 Å². The van der Waals surface area contributed by atoms with Gasteiger partial charge < -0.3 is 20.6 Å². The molecule has 0 fully saturated rings. The van der Waals surface area contributed by atoms with Crippen LogP contribution in [0.5, 0.6) is 0 Å². The summed E-state index contributed by atoms with van der Waals surface area (Å²) in [6.07, 6.45) is -0.105. The maximum Gasteiger partial charge on any atom is 0.325 e. The number of halogens is 1. The highest BCUT2D eigenvalue weighted by Crippen LogP contribution is 2.35. The Morgan fingerprint density at radius 1 is 1.46 bits per heavy atom. The number of aliphatic carboxylic acids is 1. The summed E-state index contributed by atoms with van der Waals surface area (Å²) in [7, 11) is -4.00. The van der Waals surface area contributed by atoms with Crippen molar-refractivity contribution in [2.45, 2.75) is 18.9 Å². The fraction of sp³-hybridized carbons (Fsp3) is 0.800. The van der Waals surface area contributed by atoms with Crippen molar-refractivity contribution < 1.29 is 24.3 Å². The van der Waals surface area contributed by atoms with Gasteiger partial charge in [0.05, 0.1) is 0 Å². The molecule has 0 saturated carbocycles. The van der Waals surface area contributed by atoms with E-state index < -0.39 is 19.6 Å². The second kappa shape index (κ2) is 6.34. The first-order valence-electron chi connectivity index (χ1n) is 3.36. The molecule has 0 aliphatic carbocycles. The Morgan fingerprint density at radius 3 is 2.23 bits per heavy atom. The van der Waals surface area contributed by atoms with Crippen LogP contribution in [0.2, 0.25) is 0 Å². The molecule has 1 atom stereocenters. The van der Waals surface area contributed by atoms with E-state index in [-0.39, 0.29) is 31.4 Å². The van der Waals surface area contributed by atoms with Crippen LogP contribution in [0.15, 0.2) is 0 Å². The zero-order valence-corrected chi connectivity index (χ0v) is 8.50. The smallest absolute Gasteiger partial charge is 0.325 e. The van der Waals surface area contributed by atoms with Gasteiger partial charge >= 0.3 is 13.6 Å². The van der Waals surface area contributed by atoms with Gasteiger partial charge in [0.25, 0.3) is 0 Å². The lowest BCUT2D eigenvalue weighted by molar-refractivity contribution is -0.138. The van der Waals surface area contributed by atoms with E-state index in [1.807, 2.05) is 0 Å². The van der Waals surface area contributed by atoms with E-state index >= 15 is 0 Å². The van der Waals surface area contributed by atoms with Crippen LogP contribution < -0.4 is 5.73 Å². The van der Waals surface area contributed by atoms with Crippen LogP contribution >= 0.6 is 20.0 Å². The highest BCUT2D eigenvalue weighted by atomic mass is 35.5. The zero-order valence-electron chi connectivity index (χ0n) is 6.79. The summed E-state index contributed by atoms with van der Waals surface area (Å²) in [5, 5.41) is 8.29. The maximum absolute atomic E-state index is 10.3. The minimum Gasteiger partial charge on any atom is -0.480 e. The summed E-state index contributed by atoms with van der Waals surface area (Å²) in [5.41, 5.74) is 5.09. The molecular formula is C5H13ClNO5P. The summed E-state index contributed by atoms with van der Waals surface area (Å²) in [5.74, 6) is -1.15. The van der Waals surface area contributed by atoms with Gasteiger partial charge in [0.15, 0.2) is 0 Å². The summed E-state index contributed by atoms with van der Waals surface area (Å²) in [4.78, 5) is 26.9. The number of rotatable bonds is 5. The van der Waals surface area contributed by atoms with Crippen molar-refractivity contribution in [1.82, 2.24) is 0 Å². The lowest BCUT2D eigenvalue weighted by Crippen LogP contribution is -2.29. The van der Waals surface area contributed by atoms with Crippen LogP contribution in [-0.2, 0) is 9.36 Å². The van der Waals surface area contributed by atoms with Crippen molar-refractivity contribution >= 4 is 26.0 Å². The van der Waals surface area contributed by atoms with Crippen LogP contribution in [0.4, 0.5) is 0 Å². The molecule has 0 aliphatic heterocycles. The van der Waals surface area contributed by atoms with E-state index in [1.54, 1.807) is 0 Å². The third-order valence-electron chi connectivity index (χ3n) is 1.28. The quantitative estimate of drug-likeness (QED) is 0.487. The average Bonchev–Trinajstić information content (AvgIpc) is 1.84. The molecule has 0 amide bonds. The predicted molar refractivity (Wildman–Crippen MR) is 49.0 cm³/mol. The van der Waals surface area contributed by atoms with Gasteiger partial charge in [0, 0.05) is 6.16 Å². The fourth-order valence-electron chi connectivity index (χ4n) is 0.641. The number of nitrogens with two attached hydrogens (primary N) is 1. The molecule has 0 bridgehead atoms. The Hall–Kier alpha value is -0.130. The molecule has 0 aliphatic rings. The predicted octanol–water partition coefficient (Wildman–Crippen LogP) is -0.222. The fourth-order valence-corrected chi connectivity index (χ4v) is 1.24. The van der Waals surface area contributed by atoms with E-state index in [9.17, 15) is 9.36 Å². The highest BCUT2D eigenvalue weighted by molar-refractivity contribution is 7.51. The molecule has 8 heteroatoms. The highest BCUT2D eigenvalue weighted by Gasteiger charge is 2.16. The zero-order chi connectivity index (χ0) is 9.78. The van der Waals surface area contributed by atoms with Crippen LogP contribution in [0.3, 0.4) is 0 Å². The first-order valence-corrected chi connectivity index (χ1v) is 5.15. The van der Waals surface area contributed by atoms with Crippen molar-refractivity contribution in [1.29, 1.82) is 0 Å². The maximum atomic E-state index is 10.3. The Kier molecular flexibility index (Phi) is 7.49. The number of hydrogen-bond acceptors (Lipinski definition) is 3. The number of carboxylic acid groups (broad SMARTS) is 1. The van der Waals surface area contributed by atoms with Crippen molar-refractivity contribution in [3.05, 3.63) is 0 Å². The minimum absolute atomic E-state index is 0. The van der Waals surface area contributed by atoms with Crippen molar-refractivity contribution in [2.75, 3.05) is 6.16 Å². The normalized spacial score (nSPS) is 13.2. The van der Waals surface area contributed by atoms with Crippen molar-refractivity contribution in [3.8, 4) is 0 Å². The Labute approximate surface area is 81.7 Å². The summed E-state index contributed by atoms with van der Waals surface area (Å²) in [6.45, 7) is 0. The SMILES string of the molecule is Cl.NC(CCCP(=O)(O)O)C(=O)O. The molecule has 0 rings (SSSR count). The summed E-state index contributed by atoms with van der Waals surface area (Å²) in [6, 6.07) is -1.03. The molecular weight excluding hydrogens is 220 g/mol. The van der Waals surface area contributed by atoms with Gasteiger partial charge in [-0.2, -0.15) is 0 Å². The van der Waals surface area contributed by atoms with E-state index in [4.69, 9.17) is 20.6 Å². The van der Waals surface area contributed by atoms with Crippen LogP contribution in [0.25, 0.3) is 0 Å². The first-order chi connectivity index (χ1) is 5.33. The number of hydrogen-bond donors (Lipinski definition) is 4. The van der Waals surface area contributed by atoms with Gasteiger partial charge in [-0.05, 0) is 12.8 Å². The van der Waals surface area contributed by atoms with E-state index in [1.165, 1.54) is 0 Å². The van der Waals surface area contributed by atoms with Gasteiger partial charge in [-0.1, -0.05) is 0 Å². The standard InChI is InChI=1S/C5H12NO5P.ClH/c6-4(5(7)8)2-1-3-12(9,10)11;/h4H,1-3,6H2,(H,7,8)(H2,9,10,11);1H. The molecule has 6 nitrogen and oxygen atoms in total. The van der Waals surface area contributed by atoms with Gasteiger partial charge in [0.1, 0.15) is 6.04 Å². The van der Waals surface area contributed by atoms with Gasteiger partial charge in [-0.3, -0.25) is 9.36 Å². The largest absolute Gasteiger partial charge is 0.480 e. The second-order valence-electron chi connectivity index (χ2n) is 2.48. The van der Waals surface area contributed by atoms with Gasteiger partial charge in [-0.15, -0.1) is 12.4 Å². The molecule has 0 spiro atoms. The Morgan fingerprint density at radius 2 is 1.92 bits per heavy atom. The van der Waals surface area contributed by atoms with E-state index in [0.29, 0.717) is 0 Å². The molecule has 0 aromatic rings. The molecule has 5 N–H and O–H groups in total. The summed E-state index contributed by atoms with van der Waals surface area (Å²) >= 11 is 0. The third-order valence-corrected chi connectivity index (χ3v) is 2.18. The monoisotopic (exact) mass is 233 g/mol. The third kappa shape index (κ3) is 9.79. The van der Waals surface area contributed by atoms with E-state index in [2.05, 4.69) is 0 Å². The van der Waals surface area contributed by atoms with Crippen LogP contribution in [0, 0.1) is 0 Å². The van der Waals surface area contributed by atoms with Crippen molar-refractivity contribution in [3.63, 3.8) is 0 Å². The van der Waals surface area contributed by atoms with E-state index in [0.717, 1.165) is 0 Å². The number of carboxylic acids is 1. The van der Waals surface area contributed by atoms with Crippen LogP contribution in [-0.4, -0.2) is 33.1 Å². The molecule has 1 unspecified atom stereocenters. The molecule has 80 valence electrons. The molecule has 0 aromatic heterocycles.